The number of anilines is 2. The zero-order chi connectivity index (χ0) is 13.8. The third-order valence-electron chi connectivity index (χ3n) is 4.05. The van der Waals surface area contributed by atoms with Crippen LogP contribution in [0.25, 0.3) is 0 Å². The van der Waals surface area contributed by atoms with E-state index in [1.54, 1.807) is 7.11 Å². The van der Waals surface area contributed by atoms with Gasteiger partial charge < -0.3 is 15.0 Å². The highest BCUT2D eigenvalue weighted by molar-refractivity contribution is 6.28. The summed E-state index contributed by atoms with van der Waals surface area (Å²) in [6, 6.07) is 0. The first-order chi connectivity index (χ1) is 9.02. The summed E-state index contributed by atoms with van der Waals surface area (Å²) in [5.74, 6) is 0.603. The molecular formula is C12H15ClN4O2. The first kappa shape index (κ1) is 12.6. The maximum absolute atomic E-state index is 12.3. The number of nitrogens with one attached hydrogen (secondary N) is 1. The molecule has 2 atom stereocenters. The molecular weight excluding hydrogens is 268 g/mol. The minimum absolute atomic E-state index is 0.0845. The normalized spacial score (nSPS) is 28.3. The van der Waals surface area contributed by atoms with Crippen molar-refractivity contribution in [3.63, 3.8) is 0 Å². The van der Waals surface area contributed by atoms with Crippen LogP contribution in [0.15, 0.2) is 0 Å². The number of amides is 1. The summed E-state index contributed by atoms with van der Waals surface area (Å²) in [6.45, 7) is 4.45. The van der Waals surface area contributed by atoms with Crippen LogP contribution >= 0.6 is 11.6 Å². The topological polar surface area (TPSA) is 67.3 Å². The van der Waals surface area contributed by atoms with Crippen molar-refractivity contribution >= 4 is 29.0 Å². The predicted octanol–water partition coefficient (Wildman–Crippen LogP) is 1.24. The van der Waals surface area contributed by atoms with Crippen LogP contribution in [0.1, 0.15) is 19.5 Å². The molecule has 1 aromatic rings. The Bertz CT molecular complexity index is 565. The van der Waals surface area contributed by atoms with Gasteiger partial charge >= 0.3 is 0 Å². The molecule has 2 unspecified atom stereocenters. The number of carbonyl (C=O) groups is 1. The van der Waals surface area contributed by atoms with Crippen molar-refractivity contribution in [3.8, 4) is 0 Å². The van der Waals surface area contributed by atoms with Crippen molar-refractivity contribution in [1.82, 2.24) is 9.97 Å². The molecule has 1 N–H and O–H groups in total. The lowest BCUT2D eigenvalue weighted by Crippen LogP contribution is -2.77. The number of carbonyl (C=O) groups excluding carboxylic acids is 1. The van der Waals surface area contributed by atoms with Gasteiger partial charge in [0, 0.05) is 13.7 Å². The molecule has 1 saturated heterocycles. The van der Waals surface area contributed by atoms with E-state index in [4.69, 9.17) is 16.3 Å². The lowest BCUT2D eigenvalue weighted by molar-refractivity contribution is -0.131. The quantitative estimate of drug-likeness (QED) is 0.827. The minimum Gasteiger partial charge on any atom is -0.377 e. The maximum atomic E-state index is 12.3. The molecule has 0 radical (unpaired) electrons. The zero-order valence-corrected chi connectivity index (χ0v) is 11.8. The van der Waals surface area contributed by atoms with E-state index in [0.29, 0.717) is 24.5 Å². The largest absolute Gasteiger partial charge is 0.377 e. The second-order valence-corrected chi connectivity index (χ2v) is 5.27. The number of hydrogen-bond acceptors (Lipinski definition) is 5. The van der Waals surface area contributed by atoms with E-state index in [2.05, 4.69) is 15.3 Å². The van der Waals surface area contributed by atoms with E-state index in [1.807, 2.05) is 18.7 Å². The monoisotopic (exact) mass is 282 g/mol. The van der Waals surface area contributed by atoms with E-state index in [9.17, 15) is 4.79 Å². The second kappa shape index (κ2) is 4.05. The fourth-order valence-corrected chi connectivity index (χ4v) is 2.94. The Labute approximate surface area is 116 Å². The molecule has 3 rings (SSSR count). The molecule has 0 aliphatic carbocycles. The summed E-state index contributed by atoms with van der Waals surface area (Å²) in [5, 5.41) is 3.10. The fourth-order valence-electron chi connectivity index (χ4n) is 2.76. The lowest BCUT2D eigenvalue weighted by atomic mass is 9.80. The molecule has 1 fully saturated rings. The van der Waals surface area contributed by atoms with Crippen LogP contribution < -0.4 is 10.2 Å². The number of fused-ring (bicyclic) bond motifs is 3. The van der Waals surface area contributed by atoms with Crippen molar-refractivity contribution in [2.45, 2.75) is 31.9 Å². The number of nitrogens with zero attached hydrogens (tertiary/aromatic N) is 3. The average Bonchev–Trinajstić information content (AvgIpc) is 2.37. The van der Waals surface area contributed by atoms with Crippen LogP contribution in [0.2, 0.25) is 5.28 Å². The van der Waals surface area contributed by atoms with E-state index >= 15 is 0 Å². The number of halogens is 1. The van der Waals surface area contributed by atoms with Crippen LogP contribution in [0.3, 0.4) is 0 Å². The molecule has 102 valence electrons. The average molecular weight is 283 g/mol. The van der Waals surface area contributed by atoms with E-state index < -0.39 is 5.54 Å². The maximum Gasteiger partial charge on any atom is 0.252 e. The second-order valence-electron chi connectivity index (χ2n) is 4.93. The molecule has 0 aromatic carbocycles. The van der Waals surface area contributed by atoms with Crippen LogP contribution in [0.5, 0.6) is 0 Å². The van der Waals surface area contributed by atoms with Gasteiger partial charge in [-0.3, -0.25) is 4.79 Å². The van der Waals surface area contributed by atoms with E-state index in [1.165, 1.54) is 0 Å². The first-order valence-electron chi connectivity index (χ1n) is 6.20. The highest BCUT2D eigenvalue weighted by atomic mass is 35.5. The Morgan fingerprint density at radius 3 is 2.95 bits per heavy atom. The number of rotatable bonds is 2. The standard InChI is InChI=1S/C12H15ClN4O2/c1-4-6-8-9(16-11(13)14-6)17-5-7(19-3)12(17,2)10(18)15-8/h7H,4-5H2,1-3H3,(H,15,18). The van der Waals surface area contributed by atoms with Crippen LogP contribution in [0.4, 0.5) is 11.5 Å². The summed E-state index contributed by atoms with van der Waals surface area (Å²) < 4.78 is 5.35. The highest BCUT2D eigenvalue weighted by Gasteiger charge is 2.59. The number of methoxy groups -OCH3 is 1. The van der Waals surface area contributed by atoms with Crippen molar-refractivity contribution in [1.29, 1.82) is 0 Å². The first-order valence-corrected chi connectivity index (χ1v) is 6.58. The van der Waals surface area contributed by atoms with Crippen molar-refractivity contribution in [3.05, 3.63) is 11.0 Å². The SMILES string of the molecule is CCc1nc(Cl)nc2c1NC(=O)C1(C)C(OC)CN21. The van der Waals surface area contributed by atoms with Gasteiger partial charge in [0.15, 0.2) is 5.82 Å². The van der Waals surface area contributed by atoms with Gasteiger partial charge in [0.05, 0.1) is 5.69 Å². The summed E-state index contributed by atoms with van der Waals surface area (Å²) >= 11 is 5.96. The van der Waals surface area contributed by atoms with Gasteiger partial charge in [-0.15, -0.1) is 0 Å². The van der Waals surface area contributed by atoms with Gasteiger partial charge in [-0.2, -0.15) is 4.98 Å². The van der Waals surface area contributed by atoms with Gasteiger partial charge in [0.1, 0.15) is 17.3 Å². The van der Waals surface area contributed by atoms with Crippen LogP contribution in [-0.4, -0.2) is 41.2 Å². The molecule has 7 heteroatoms. The number of ether oxygens (including phenoxy) is 1. The Morgan fingerprint density at radius 2 is 2.32 bits per heavy atom. The van der Waals surface area contributed by atoms with Gasteiger partial charge in [-0.05, 0) is 24.9 Å². The smallest absolute Gasteiger partial charge is 0.252 e. The summed E-state index contributed by atoms with van der Waals surface area (Å²) in [5.41, 5.74) is 0.708. The Balaban J connectivity index is 2.13. The lowest BCUT2D eigenvalue weighted by Gasteiger charge is -2.57. The Hall–Kier alpha value is -1.40. The summed E-state index contributed by atoms with van der Waals surface area (Å²) in [4.78, 5) is 22.7. The van der Waals surface area contributed by atoms with Gasteiger partial charge in [-0.25, -0.2) is 4.98 Å². The molecule has 1 aromatic heterocycles. The Kier molecular flexibility index (Phi) is 2.69. The van der Waals surface area contributed by atoms with Crippen molar-refractivity contribution < 1.29 is 9.53 Å². The molecule has 2 aliphatic heterocycles. The Morgan fingerprint density at radius 1 is 1.58 bits per heavy atom. The van der Waals surface area contributed by atoms with Crippen LogP contribution in [-0.2, 0) is 16.0 Å². The summed E-state index contributed by atoms with van der Waals surface area (Å²) in [6.07, 6.45) is 0.544. The zero-order valence-electron chi connectivity index (χ0n) is 11.0. The number of aryl methyl sites for hydroxylation is 1. The molecule has 0 saturated carbocycles. The molecule has 0 bridgehead atoms. The van der Waals surface area contributed by atoms with Gasteiger partial charge in [0.2, 0.25) is 5.28 Å². The minimum atomic E-state index is -0.718. The number of aromatic nitrogens is 2. The third-order valence-corrected chi connectivity index (χ3v) is 4.22. The summed E-state index contributed by atoms with van der Waals surface area (Å²) in [7, 11) is 1.61. The highest BCUT2D eigenvalue weighted by Crippen LogP contribution is 2.45. The molecule has 6 nitrogen and oxygen atoms in total. The predicted molar refractivity (Wildman–Crippen MR) is 71.6 cm³/mol. The molecule has 19 heavy (non-hydrogen) atoms. The molecule has 2 aliphatic rings. The molecule has 3 heterocycles. The third kappa shape index (κ3) is 1.50. The molecule has 1 amide bonds. The van der Waals surface area contributed by atoms with Gasteiger partial charge in [0.25, 0.3) is 5.91 Å². The van der Waals surface area contributed by atoms with Crippen molar-refractivity contribution in [2.75, 3.05) is 23.9 Å². The van der Waals surface area contributed by atoms with Crippen molar-refractivity contribution in [2.24, 2.45) is 0 Å². The fraction of sp³-hybridized carbons (Fsp3) is 0.583. The number of hydrogen-bond donors (Lipinski definition) is 1. The van der Waals surface area contributed by atoms with Crippen LogP contribution in [0, 0.1) is 0 Å². The van der Waals surface area contributed by atoms with E-state index in [0.717, 1.165) is 5.69 Å². The van der Waals surface area contributed by atoms with E-state index in [-0.39, 0.29) is 17.3 Å². The molecule has 0 spiro atoms. The van der Waals surface area contributed by atoms with Gasteiger partial charge in [-0.1, -0.05) is 6.92 Å².